The molecule has 2 heterocycles. The van der Waals surface area contributed by atoms with Crippen molar-refractivity contribution in [3.05, 3.63) is 29.8 Å². The highest BCUT2D eigenvalue weighted by Crippen LogP contribution is 2.44. The molecule has 3 aliphatic rings. The second-order valence-electron chi connectivity index (χ2n) is 8.92. The molecule has 0 spiro atoms. The van der Waals surface area contributed by atoms with E-state index in [9.17, 15) is 19.2 Å². The summed E-state index contributed by atoms with van der Waals surface area (Å²) in [5, 5.41) is 0. The van der Waals surface area contributed by atoms with Gasteiger partial charge in [-0.2, -0.15) is 0 Å². The molecule has 4 rings (SSSR count). The highest BCUT2D eigenvalue weighted by atomic mass is 16.5. The first-order valence-corrected chi connectivity index (χ1v) is 10.9. The number of hydrogen-bond acceptors (Lipinski definition) is 5. The predicted octanol–water partition coefficient (Wildman–Crippen LogP) is 2.18. The van der Waals surface area contributed by atoms with Crippen LogP contribution in [-0.2, 0) is 19.1 Å². The molecule has 1 unspecified atom stereocenters. The van der Waals surface area contributed by atoms with Crippen LogP contribution < -0.4 is 4.90 Å². The van der Waals surface area contributed by atoms with Crippen molar-refractivity contribution in [3.8, 4) is 0 Å². The molecule has 0 bridgehead atoms. The van der Waals surface area contributed by atoms with Crippen LogP contribution >= 0.6 is 0 Å². The van der Waals surface area contributed by atoms with Gasteiger partial charge >= 0.3 is 5.97 Å². The lowest BCUT2D eigenvalue weighted by Gasteiger charge is -2.46. The van der Waals surface area contributed by atoms with Crippen LogP contribution in [0.15, 0.2) is 24.3 Å². The molecule has 2 fully saturated rings. The Morgan fingerprint density at radius 1 is 1.16 bits per heavy atom. The predicted molar refractivity (Wildman–Crippen MR) is 113 cm³/mol. The molecule has 1 atom stereocenters. The van der Waals surface area contributed by atoms with E-state index in [1.807, 2.05) is 0 Å². The molecule has 1 aliphatic carbocycles. The van der Waals surface area contributed by atoms with Crippen LogP contribution in [0.5, 0.6) is 0 Å². The minimum atomic E-state index is -1.55. The topological polar surface area (TPSA) is 87.2 Å². The SMILES string of the molecule is CC1CCC(N(C)C(=O)COC(=O)C23CCC(=O)N2c2ccccc2C(=O)N3C)CC1. The van der Waals surface area contributed by atoms with Crippen LogP contribution in [0, 0.1) is 5.92 Å². The van der Waals surface area contributed by atoms with E-state index in [-0.39, 0.29) is 36.6 Å². The number of fused-ring (bicyclic) bond motifs is 3. The fraction of sp³-hybridized carbons (Fsp3) is 0.565. The van der Waals surface area contributed by atoms with E-state index in [1.54, 1.807) is 36.2 Å². The zero-order valence-electron chi connectivity index (χ0n) is 18.3. The molecule has 1 saturated heterocycles. The fourth-order valence-corrected chi connectivity index (χ4v) is 5.07. The van der Waals surface area contributed by atoms with Gasteiger partial charge in [0.2, 0.25) is 11.6 Å². The lowest BCUT2D eigenvalue weighted by Crippen LogP contribution is -2.67. The molecular weight excluding hydrogens is 398 g/mol. The van der Waals surface area contributed by atoms with Crippen molar-refractivity contribution in [1.29, 1.82) is 0 Å². The third-order valence-corrected chi connectivity index (χ3v) is 7.12. The number of para-hydroxylation sites is 1. The van der Waals surface area contributed by atoms with Gasteiger partial charge in [-0.15, -0.1) is 0 Å². The normalized spacial score (nSPS) is 27.6. The largest absolute Gasteiger partial charge is 0.452 e. The van der Waals surface area contributed by atoms with E-state index in [2.05, 4.69) is 6.92 Å². The van der Waals surface area contributed by atoms with E-state index in [0.717, 1.165) is 25.7 Å². The maximum Gasteiger partial charge on any atom is 0.354 e. The third kappa shape index (κ3) is 3.38. The highest BCUT2D eigenvalue weighted by Gasteiger charge is 2.60. The van der Waals surface area contributed by atoms with E-state index >= 15 is 0 Å². The van der Waals surface area contributed by atoms with Crippen LogP contribution in [0.1, 0.15) is 55.8 Å². The molecule has 31 heavy (non-hydrogen) atoms. The lowest BCUT2D eigenvalue weighted by atomic mass is 9.87. The first kappa shape index (κ1) is 21.3. The molecule has 1 aromatic rings. The summed E-state index contributed by atoms with van der Waals surface area (Å²) in [5.74, 6) is -0.945. The molecular formula is C23H29N3O5. The highest BCUT2D eigenvalue weighted by molar-refractivity contribution is 6.15. The van der Waals surface area contributed by atoms with Crippen LogP contribution in [0.2, 0.25) is 0 Å². The molecule has 0 aromatic heterocycles. The van der Waals surface area contributed by atoms with Crippen molar-refractivity contribution in [1.82, 2.24) is 9.80 Å². The minimum absolute atomic E-state index is 0.120. The summed E-state index contributed by atoms with van der Waals surface area (Å²) in [6, 6.07) is 6.89. The number of rotatable bonds is 4. The van der Waals surface area contributed by atoms with Crippen molar-refractivity contribution in [3.63, 3.8) is 0 Å². The molecule has 2 aliphatic heterocycles. The number of nitrogens with zero attached hydrogens (tertiary/aromatic N) is 3. The van der Waals surface area contributed by atoms with E-state index in [0.29, 0.717) is 17.2 Å². The van der Waals surface area contributed by atoms with Crippen LogP contribution in [0.3, 0.4) is 0 Å². The van der Waals surface area contributed by atoms with E-state index in [4.69, 9.17) is 4.74 Å². The lowest BCUT2D eigenvalue weighted by molar-refractivity contribution is -0.161. The number of amides is 3. The van der Waals surface area contributed by atoms with Crippen molar-refractivity contribution in [2.45, 2.75) is 57.2 Å². The summed E-state index contributed by atoms with van der Waals surface area (Å²) in [6.07, 6.45) is 4.29. The Morgan fingerprint density at radius 3 is 2.55 bits per heavy atom. The molecule has 0 N–H and O–H groups in total. The second kappa shape index (κ2) is 7.98. The van der Waals surface area contributed by atoms with Crippen molar-refractivity contribution < 1.29 is 23.9 Å². The van der Waals surface area contributed by atoms with Crippen molar-refractivity contribution in [2.24, 2.45) is 5.92 Å². The Labute approximate surface area is 182 Å². The molecule has 8 nitrogen and oxygen atoms in total. The molecule has 166 valence electrons. The van der Waals surface area contributed by atoms with Gasteiger partial charge in [0, 0.05) is 33.0 Å². The van der Waals surface area contributed by atoms with Gasteiger partial charge in [0.15, 0.2) is 6.61 Å². The Bertz CT molecular complexity index is 924. The standard InChI is InChI=1S/C23H29N3O5/c1-15-8-10-16(11-9-15)24(2)20(28)14-31-22(30)23-13-12-19(27)26(23)18-7-5-4-6-17(18)21(29)25(23)3/h4-7,15-16H,8-14H2,1-3H3. The van der Waals surface area contributed by atoms with Gasteiger partial charge in [-0.3, -0.25) is 19.3 Å². The van der Waals surface area contributed by atoms with E-state index < -0.39 is 18.2 Å². The zero-order chi connectivity index (χ0) is 22.3. The maximum absolute atomic E-state index is 13.3. The summed E-state index contributed by atoms with van der Waals surface area (Å²) >= 11 is 0. The number of hydrogen-bond donors (Lipinski definition) is 0. The zero-order valence-corrected chi connectivity index (χ0v) is 18.3. The smallest absolute Gasteiger partial charge is 0.354 e. The average Bonchev–Trinajstić information content (AvgIpc) is 3.14. The van der Waals surface area contributed by atoms with Crippen molar-refractivity contribution in [2.75, 3.05) is 25.6 Å². The summed E-state index contributed by atoms with van der Waals surface area (Å²) < 4.78 is 5.45. The Morgan fingerprint density at radius 2 is 1.84 bits per heavy atom. The van der Waals surface area contributed by atoms with Crippen LogP contribution in [0.25, 0.3) is 0 Å². The Balaban J connectivity index is 1.51. The number of anilines is 1. The van der Waals surface area contributed by atoms with Gasteiger partial charge in [-0.1, -0.05) is 19.1 Å². The quantitative estimate of drug-likeness (QED) is 0.688. The number of ether oxygens (including phenoxy) is 1. The van der Waals surface area contributed by atoms with Gasteiger partial charge in [0.25, 0.3) is 11.8 Å². The summed E-state index contributed by atoms with van der Waals surface area (Å²) in [4.78, 5) is 56.0. The first-order chi connectivity index (χ1) is 14.8. The average molecular weight is 428 g/mol. The fourth-order valence-electron chi connectivity index (χ4n) is 5.07. The van der Waals surface area contributed by atoms with Gasteiger partial charge < -0.3 is 14.5 Å². The van der Waals surface area contributed by atoms with Gasteiger partial charge in [0.1, 0.15) is 0 Å². The maximum atomic E-state index is 13.3. The number of esters is 1. The monoisotopic (exact) mass is 427 g/mol. The second-order valence-corrected chi connectivity index (χ2v) is 8.92. The molecule has 3 amide bonds. The number of carbonyl (C=O) groups is 4. The van der Waals surface area contributed by atoms with Gasteiger partial charge in [-0.25, -0.2) is 4.79 Å². The Kier molecular flexibility index (Phi) is 5.49. The molecule has 8 heteroatoms. The van der Waals surface area contributed by atoms with Gasteiger partial charge in [-0.05, 0) is 43.7 Å². The third-order valence-electron chi connectivity index (χ3n) is 7.12. The van der Waals surface area contributed by atoms with Crippen LogP contribution in [0.4, 0.5) is 5.69 Å². The minimum Gasteiger partial charge on any atom is -0.452 e. The number of likely N-dealkylation sites (N-methyl/N-ethyl adjacent to an activating group) is 2. The van der Waals surface area contributed by atoms with E-state index in [1.165, 1.54) is 16.8 Å². The molecule has 1 aromatic carbocycles. The number of carbonyl (C=O) groups excluding carboxylic acids is 4. The van der Waals surface area contributed by atoms with Crippen molar-refractivity contribution >= 4 is 29.4 Å². The molecule has 0 radical (unpaired) electrons. The summed E-state index contributed by atoms with van der Waals surface area (Å²) in [7, 11) is 3.25. The summed E-state index contributed by atoms with van der Waals surface area (Å²) in [5.41, 5.74) is -0.780. The summed E-state index contributed by atoms with van der Waals surface area (Å²) in [6.45, 7) is 1.81. The number of benzene rings is 1. The molecule has 1 saturated carbocycles. The van der Waals surface area contributed by atoms with Crippen LogP contribution in [-0.4, -0.2) is 65.9 Å². The first-order valence-electron chi connectivity index (χ1n) is 10.9. The van der Waals surface area contributed by atoms with Gasteiger partial charge in [0.05, 0.1) is 11.3 Å². The Hall–Kier alpha value is -2.90.